The van der Waals surface area contributed by atoms with Crippen LogP contribution < -0.4 is 9.47 Å². The third-order valence-electron chi connectivity index (χ3n) is 11.4. The van der Waals surface area contributed by atoms with Crippen molar-refractivity contribution in [2.45, 2.75) is 19.3 Å². The second kappa shape index (κ2) is 12.0. The lowest BCUT2D eigenvalue weighted by Crippen LogP contribution is -2.15. The summed E-state index contributed by atoms with van der Waals surface area (Å²) in [5, 5.41) is 4.90. The van der Waals surface area contributed by atoms with Gasteiger partial charge in [0.25, 0.3) is 0 Å². The van der Waals surface area contributed by atoms with Crippen molar-refractivity contribution >= 4 is 21.5 Å². The molecule has 0 bridgehead atoms. The molecule has 0 N–H and O–H groups in total. The monoisotopic (exact) mass is 706 g/mol. The summed E-state index contributed by atoms with van der Waals surface area (Å²) < 4.78 is 13.5. The summed E-state index contributed by atoms with van der Waals surface area (Å²) in [6.45, 7) is 4.55. The molecule has 1 aromatic heterocycles. The number of benzene rings is 8. The first-order chi connectivity index (χ1) is 27.0. The molecule has 0 unspecified atom stereocenters. The third kappa shape index (κ3) is 4.99. The summed E-state index contributed by atoms with van der Waals surface area (Å²) in [6, 6.07) is 59.3. The van der Waals surface area contributed by atoms with Gasteiger partial charge < -0.3 is 9.47 Å². The lowest BCUT2D eigenvalue weighted by molar-refractivity contribution is 0.361. The SMILES string of the molecule is CC1(C)c2ccccc2-c2c1ccc1c2Oc2cccc(-c3ccc(-c4nc(-c5ccccc5)cc(-c5ccc6c(ccc7ccccc76)c5)n4)cc3)c2O1. The number of hydrogen-bond acceptors (Lipinski definition) is 4. The van der Waals surface area contributed by atoms with Gasteiger partial charge in [-0.15, -0.1) is 0 Å². The maximum Gasteiger partial charge on any atom is 0.178 e. The van der Waals surface area contributed by atoms with Crippen LogP contribution in [0, 0.1) is 0 Å². The van der Waals surface area contributed by atoms with E-state index in [1.807, 2.05) is 30.3 Å². The molecule has 55 heavy (non-hydrogen) atoms. The van der Waals surface area contributed by atoms with E-state index in [1.165, 1.54) is 38.2 Å². The molecule has 1 aliphatic heterocycles. The molecule has 0 saturated heterocycles. The number of nitrogens with zero attached hydrogens (tertiary/aromatic N) is 2. The zero-order valence-electron chi connectivity index (χ0n) is 30.4. The third-order valence-corrected chi connectivity index (χ3v) is 11.4. The van der Waals surface area contributed by atoms with Crippen LogP contribution in [0.5, 0.6) is 23.0 Å². The zero-order chi connectivity index (χ0) is 36.7. The van der Waals surface area contributed by atoms with E-state index < -0.39 is 0 Å². The van der Waals surface area contributed by atoms with E-state index in [9.17, 15) is 0 Å². The van der Waals surface area contributed by atoms with Crippen LogP contribution in [0.2, 0.25) is 0 Å². The van der Waals surface area contributed by atoms with Crippen molar-refractivity contribution in [3.8, 4) is 79.2 Å². The molecule has 9 aromatic rings. The molecule has 0 saturated carbocycles. The van der Waals surface area contributed by atoms with Gasteiger partial charge in [0.1, 0.15) is 0 Å². The quantitative estimate of drug-likeness (QED) is 0.171. The van der Waals surface area contributed by atoms with Crippen LogP contribution in [-0.4, -0.2) is 9.97 Å². The Hall–Kier alpha value is -7.04. The molecule has 8 aromatic carbocycles. The molecule has 4 nitrogen and oxygen atoms in total. The van der Waals surface area contributed by atoms with Crippen LogP contribution >= 0.6 is 0 Å². The van der Waals surface area contributed by atoms with Gasteiger partial charge in [0, 0.05) is 33.2 Å². The Morgan fingerprint density at radius 1 is 0.418 bits per heavy atom. The second-order valence-electron chi connectivity index (χ2n) is 15.0. The lowest BCUT2D eigenvalue weighted by atomic mass is 9.82. The largest absolute Gasteiger partial charge is 0.449 e. The van der Waals surface area contributed by atoms with E-state index in [1.54, 1.807) is 0 Å². The summed E-state index contributed by atoms with van der Waals surface area (Å²) in [6.07, 6.45) is 0. The van der Waals surface area contributed by atoms with Gasteiger partial charge in [0.05, 0.1) is 11.4 Å². The molecule has 1 aliphatic carbocycles. The zero-order valence-corrected chi connectivity index (χ0v) is 30.4. The molecule has 11 rings (SSSR count). The fourth-order valence-corrected chi connectivity index (χ4v) is 8.53. The maximum atomic E-state index is 6.74. The smallest absolute Gasteiger partial charge is 0.178 e. The summed E-state index contributed by atoms with van der Waals surface area (Å²) in [4.78, 5) is 10.3. The Morgan fingerprint density at radius 2 is 1.07 bits per heavy atom. The average Bonchev–Trinajstić information content (AvgIpc) is 3.48. The normalized spacial score (nSPS) is 13.3. The fraction of sp³-hybridized carbons (Fsp3) is 0.0588. The maximum absolute atomic E-state index is 6.74. The minimum absolute atomic E-state index is 0.121. The first-order valence-electron chi connectivity index (χ1n) is 18.7. The summed E-state index contributed by atoms with van der Waals surface area (Å²) in [5.41, 5.74) is 11.5. The number of hydrogen-bond donors (Lipinski definition) is 0. The van der Waals surface area contributed by atoms with E-state index in [2.05, 4.69) is 153 Å². The summed E-state index contributed by atoms with van der Waals surface area (Å²) in [5.74, 6) is 3.59. The predicted octanol–water partition coefficient (Wildman–Crippen LogP) is 13.7. The Balaban J connectivity index is 0.965. The highest BCUT2D eigenvalue weighted by atomic mass is 16.6. The number of para-hydroxylation sites is 1. The van der Waals surface area contributed by atoms with E-state index >= 15 is 0 Å². The van der Waals surface area contributed by atoms with Gasteiger partial charge >= 0.3 is 0 Å². The molecule has 0 amide bonds. The molecule has 4 heteroatoms. The van der Waals surface area contributed by atoms with E-state index in [0.29, 0.717) is 17.3 Å². The van der Waals surface area contributed by atoms with Crippen LogP contribution in [0.4, 0.5) is 0 Å². The molecular formula is C51H34N2O2. The standard InChI is InChI=1S/C51H34N2O2/c1-51(2)41-17-9-8-15-40(41)47-42(51)27-28-46-49(47)55-45-18-10-16-39(48(45)54-46)32-19-22-34(23-20-32)50-52-43(33-12-4-3-5-13-33)30-44(53-50)36-25-26-38-35(29-36)24-21-31-11-6-7-14-37(31)38/h3-30H,1-2H3. The molecule has 260 valence electrons. The number of rotatable bonds is 4. The van der Waals surface area contributed by atoms with Gasteiger partial charge in [0.15, 0.2) is 28.8 Å². The number of ether oxygens (including phenoxy) is 2. The van der Waals surface area contributed by atoms with Crippen LogP contribution in [0.1, 0.15) is 25.0 Å². The molecule has 2 aliphatic rings. The fourth-order valence-electron chi connectivity index (χ4n) is 8.53. The Labute approximate surface area is 319 Å². The van der Waals surface area contributed by atoms with Crippen molar-refractivity contribution in [3.05, 3.63) is 181 Å². The van der Waals surface area contributed by atoms with Crippen LogP contribution in [0.15, 0.2) is 170 Å². The Morgan fingerprint density at radius 3 is 1.95 bits per heavy atom. The van der Waals surface area contributed by atoms with Crippen LogP contribution in [0.25, 0.3) is 77.7 Å². The van der Waals surface area contributed by atoms with Gasteiger partial charge in [0.2, 0.25) is 0 Å². The van der Waals surface area contributed by atoms with E-state index in [0.717, 1.165) is 56.3 Å². The van der Waals surface area contributed by atoms with Crippen LogP contribution in [0.3, 0.4) is 0 Å². The van der Waals surface area contributed by atoms with Crippen molar-refractivity contribution in [1.82, 2.24) is 9.97 Å². The van der Waals surface area contributed by atoms with Gasteiger partial charge in [-0.3, -0.25) is 0 Å². The minimum Gasteiger partial charge on any atom is -0.449 e. The highest BCUT2D eigenvalue weighted by Gasteiger charge is 2.39. The van der Waals surface area contributed by atoms with Crippen molar-refractivity contribution in [3.63, 3.8) is 0 Å². The average molecular weight is 707 g/mol. The van der Waals surface area contributed by atoms with Crippen molar-refractivity contribution in [2.75, 3.05) is 0 Å². The Kier molecular flexibility index (Phi) is 6.86. The molecule has 2 heterocycles. The topological polar surface area (TPSA) is 44.2 Å². The van der Waals surface area contributed by atoms with Gasteiger partial charge in [-0.2, -0.15) is 0 Å². The lowest BCUT2D eigenvalue weighted by Gasteiger charge is -2.26. The van der Waals surface area contributed by atoms with E-state index in [-0.39, 0.29) is 5.41 Å². The van der Waals surface area contributed by atoms with Crippen LogP contribution in [-0.2, 0) is 5.41 Å². The summed E-state index contributed by atoms with van der Waals surface area (Å²) in [7, 11) is 0. The molecule has 0 fully saturated rings. The molecule has 0 spiro atoms. The molecule has 0 radical (unpaired) electrons. The Bertz CT molecular complexity index is 3000. The highest BCUT2D eigenvalue weighted by molar-refractivity contribution is 6.08. The van der Waals surface area contributed by atoms with Gasteiger partial charge in [-0.05, 0) is 68.1 Å². The van der Waals surface area contributed by atoms with Gasteiger partial charge in [-0.1, -0.05) is 159 Å². The summed E-state index contributed by atoms with van der Waals surface area (Å²) >= 11 is 0. The minimum atomic E-state index is -0.121. The van der Waals surface area contributed by atoms with Crippen molar-refractivity contribution in [1.29, 1.82) is 0 Å². The highest BCUT2D eigenvalue weighted by Crippen LogP contribution is 2.59. The van der Waals surface area contributed by atoms with E-state index in [4.69, 9.17) is 19.4 Å². The second-order valence-corrected chi connectivity index (χ2v) is 15.0. The molecule has 0 atom stereocenters. The predicted molar refractivity (Wildman–Crippen MR) is 223 cm³/mol. The molecular weight excluding hydrogens is 673 g/mol. The first-order valence-corrected chi connectivity index (χ1v) is 18.7. The van der Waals surface area contributed by atoms with Crippen molar-refractivity contribution < 1.29 is 9.47 Å². The first kappa shape index (κ1) is 31.5. The number of aromatic nitrogens is 2. The number of fused-ring (bicyclic) bond motifs is 9. The van der Waals surface area contributed by atoms with Crippen molar-refractivity contribution in [2.24, 2.45) is 0 Å². The van der Waals surface area contributed by atoms with Gasteiger partial charge in [-0.25, -0.2) is 9.97 Å².